The molecule has 1 aliphatic heterocycles. The Bertz CT molecular complexity index is 594. The number of benzene rings is 2. The van der Waals surface area contributed by atoms with Gasteiger partial charge in [-0.05, 0) is 61.8 Å². The highest BCUT2D eigenvalue weighted by Gasteiger charge is 2.18. The summed E-state index contributed by atoms with van der Waals surface area (Å²) in [5, 5.41) is 0. The number of hydrogen-bond acceptors (Lipinski definition) is 2. The van der Waals surface area contributed by atoms with Gasteiger partial charge in [0.05, 0.1) is 6.67 Å². The molecule has 0 unspecified atom stereocenters. The minimum atomic E-state index is -0.225. The minimum Gasteiger partial charge on any atom is -0.292 e. The molecule has 4 heteroatoms. The van der Waals surface area contributed by atoms with Crippen LogP contribution in [0.1, 0.15) is 29.9 Å². The number of hydrogen-bond donors (Lipinski definition) is 0. The predicted molar refractivity (Wildman–Crippen MR) is 92.9 cm³/mol. The zero-order valence-corrected chi connectivity index (χ0v) is 14.1. The second-order valence-corrected chi connectivity index (χ2v) is 6.64. The third-order valence-electron chi connectivity index (χ3n) is 4.75. The Hall–Kier alpha value is -1.78. The maximum absolute atomic E-state index is 13.2. The molecule has 128 valence electrons. The molecule has 2 aromatic rings. The van der Waals surface area contributed by atoms with Crippen molar-refractivity contribution in [3.63, 3.8) is 0 Å². The van der Waals surface area contributed by atoms with Crippen molar-refractivity contribution >= 4 is 0 Å². The van der Waals surface area contributed by atoms with Crippen LogP contribution in [-0.4, -0.2) is 43.2 Å². The van der Waals surface area contributed by atoms with Gasteiger partial charge < -0.3 is 0 Å². The van der Waals surface area contributed by atoms with Crippen molar-refractivity contribution in [2.75, 3.05) is 33.4 Å². The Morgan fingerprint density at radius 2 is 1.42 bits per heavy atom. The maximum atomic E-state index is 13.2. The largest absolute Gasteiger partial charge is 0.292 e. The van der Waals surface area contributed by atoms with Gasteiger partial charge in [0, 0.05) is 19.0 Å². The first-order valence-corrected chi connectivity index (χ1v) is 8.53. The van der Waals surface area contributed by atoms with E-state index in [1.807, 2.05) is 24.3 Å². The van der Waals surface area contributed by atoms with Gasteiger partial charge in [-0.15, -0.1) is 0 Å². The SMILES string of the molecule is CN1CCN(CCCC(c2ccc(F)cc2)c2ccc(F)cc2)C1. The molecule has 3 rings (SSSR count). The Labute approximate surface area is 142 Å². The first-order chi connectivity index (χ1) is 11.6. The number of nitrogens with zero attached hydrogens (tertiary/aromatic N) is 2. The zero-order chi connectivity index (χ0) is 16.9. The van der Waals surface area contributed by atoms with Crippen LogP contribution in [-0.2, 0) is 0 Å². The van der Waals surface area contributed by atoms with Crippen molar-refractivity contribution in [1.82, 2.24) is 9.80 Å². The van der Waals surface area contributed by atoms with Crippen molar-refractivity contribution in [2.45, 2.75) is 18.8 Å². The topological polar surface area (TPSA) is 6.48 Å². The molecule has 1 fully saturated rings. The van der Waals surface area contributed by atoms with E-state index in [1.165, 1.54) is 24.3 Å². The van der Waals surface area contributed by atoms with Gasteiger partial charge in [-0.2, -0.15) is 0 Å². The van der Waals surface area contributed by atoms with Crippen LogP contribution in [0, 0.1) is 11.6 Å². The predicted octanol–water partition coefficient (Wildman–Crippen LogP) is 4.08. The molecule has 0 saturated carbocycles. The standard InChI is InChI=1S/C20H24F2N2/c1-23-13-14-24(15-23)12-2-3-20(16-4-8-18(21)9-5-16)17-6-10-19(22)11-7-17/h4-11,20H,2-3,12-15H2,1H3. The molecular weight excluding hydrogens is 306 g/mol. The number of halogens is 2. The van der Waals surface area contributed by atoms with Crippen molar-refractivity contribution in [2.24, 2.45) is 0 Å². The van der Waals surface area contributed by atoms with E-state index in [1.54, 1.807) is 0 Å². The summed E-state index contributed by atoms with van der Waals surface area (Å²) >= 11 is 0. The molecule has 0 amide bonds. The van der Waals surface area contributed by atoms with E-state index in [-0.39, 0.29) is 17.6 Å². The lowest BCUT2D eigenvalue weighted by atomic mass is 9.87. The minimum absolute atomic E-state index is 0.173. The monoisotopic (exact) mass is 330 g/mol. The molecule has 1 heterocycles. The lowest BCUT2D eigenvalue weighted by Gasteiger charge is -2.21. The molecule has 1 saturated heterocycles. The van der Waals surface area contributed by atoms with E-state index in [0.717, 1.165) is 50.3 Å². The summed E-state index contributed by atoms with van der Waals surface area (Å²) < 4.78 is 26.5. The second kappa shape index (κ2) is 7.86. The van der Waals surface area contributed by atoms with Crippen LogP contribution in [0.5, 0.6) is 0 Å². The first-order valence-electron chi connectivity index (χ1n) is 8.53. The van der Waals surface area contributed by atoms with Crippen LogP contribution in [0.2, 0.25) is 0 Å². The third-order valence-corrected chi connectivity index (χ3v) is 4.75. The van der Waals surface area contributed by atoms with Crippen molar-refractivity contribution in [3.05, 3.63) is 71.3 Å². The van der Waals surface area contributed by atoms with Crippen LogP contribution in [0.15, 0.2) is 48.5 Å². The van der Waals surface area contributed by atoms with Crippen LogP contribution in [0.4, 0.5) is 8.78 Å². The Kier molecular flexibility index (Phi) is 5.59. The normalized spacial score (nSPS) is 16.2. The molecule has 0 N–H and O–H groups in total. The molecule has 0 spiro atoms. The lowest BCUT2D eigenvalue weighted by Crippen LogP contribution is -2.24. The Morgan fingerprint density at radius 1 is 0.875 bits per heavy atom. The van der Waals surface area contributed by atoms with Gasteiger partial charge in [0.2, 0.25) is 0 Å². The van der Waals surface area contributed by atoms with E-state index < -0.39 is 0 Å². The number of rotatable bonds is 6. The van der Waals surface area contributed by atoms with E-state index >= 15 is 0 Å². The summed E-state index contributed by atoms with van der Waals surface area (Å²) in [5.41, 5.74) is 2.17. The molecule has 0 aromatic heterocycles. The van der Waals surface area contributed by atoms with Gasteiger partial charge in [0.25, 0.3) is 0 Å². The van der Waals surface area contributed by atoms with E-state index in [2.05, 4.69) is 16.8 Å². The molecule has 2 aromatic carbocycles. The average Bonchev–Trinajstić information content (AvgIpc) is 2.99. The quantitative estimate of drug-likeness (QED) is 0.787. The second-order valence-electron chi connectivity index (χ2n) is 6.64. The van der Waals surface area contributed by atoms with E-state index in [4.69, 9.17) is 0 Å². The van der Waals surface area contributed by atoms with Crippen LogP contribution in [0.3, 0.4) is 0 Å². The third kappa shape index (κ3) is 4.40. The molecule has 2 nitrogen and oxygen atoms in total. The molecule has 0 bridgehead atoms. The highest BCUT2D eigenvalue weighted by molar-refractivity contribution is 5.32. The Morgan fingerprint density at radius 3 is 1.88 bits per heavy atom. The molecule has 24 heavy (non-hydrogen) atoms. The van der Waals surface area contributed by atoms with Crippen molar-refractivity contribution in [3.8, 4) is 0 Å². The molecule has 0 aliphatic carbocycles. The van der Waals surface area contributed by atoms with Crippen LogP contribution < -0.4 is 0 Å². The summed E-state index contributed by atoms with van der Waals surface area (Å²) in [7, 11) is 2.14. The van der Waals surface area contributed by atoms with Crippen LogP contribution >= 0.6 is 0 Å². The fourth-order valence-electron chi connectivity index (χ4n) is 3.41. The highest BCUT2D eigenvalue weighted by Crippen LogP contribution is 2.30. The maximum Gasteiger partial charge on any atom is 0.123 e. The summed E-state index contributed by atoms with van der Waals surface area (Å²) in [5.74, 6) is -0.278. The van der Waals surface area contributed by atoms with Gasteiger partial charge in [-0.1, -0.05) is 24.3 Å². The lowest BCUT2D eigenvalue weighted by molar-refractivity contribution is 0.269. The highest BCUT2D eigenvalue weighted by atomic mass is 19.1. The Balaban J connectivity index is 1.69. The van der Waals surface area contributed by atoms with E-state index in [9.17, 15) is 8.78 Å². The van der Waals surface area contributed by atoms with Gasteiger partial charge in [-0.3, -0.25) is 9.80 Å². The fourth-order valence-corrected chi connectivity index (χ4v) is 3.41. The van der Waals surface area contributed by atoms with E-state index in [0.29, 0.717) is 0 Å². The van der Waals surface area contributed by atoms with Crippen molar-refractivity contribution < 1.29 is 8.78 Å². The summed E-state index contributed by atoms with van der Waals surface area (Å²) in [6.07, 6.45) is 2.03. The average molecular weight is 330 g/mol. The van der Waals surface area contributed by atoms with Gasteiger partial charge in [0.15, 0.2) is 0 Å². The fraction of sp³-hybridized carbons (Fsp3) is 0.400. The molecular formula is C20H24F2N2. The van der Waals surface area contributed by atoms with Crippen LogP contribution in [0.25, 0.3) is 0 Å². The summed E-state index contributed by atoms with van der Waals surface area (Å²) in [6.45, 7) is 4.33. The molecule has 0 radical (unpaired) electrons. The first kappa shape index (κ1) is 17.1. The number of likely N-dealkylation sites (N-methyl/N-ethyl adjacent to an activating group) is 1. The summed E-state index contributed by atoms with van der Waals surface area (Å²) in [4.78, 5) is 4.77. The molecule has 1 aliphatic rings. The van der Waals surface area contributed by atoms with Gasteiger partial charge in [0.1, 0.15) is 11.6 Å². The smallest absolute Gasteiger partial charge is 0.123 e. The van der Waals surface area contributed by atoms with Gasteiger partial charge >= 0.3 is 0 Å². The molecule has 0 atom stereocenters. The van der Waals surface area contributed by atoms with Gasteiger partial charge in [-0.25, -0.2) is 8.78 Å². The van der Waals surface area contributed by atoms with Crippen molar-refractivity contribution in [1.29, 1.82) is 0 Å². The zero-order valence-electron chi connectivity index (χ0n) is 14.1. The summed E-state index contributed by atoms with van der Waals surface area (Å²) in [6, 6.07) is 13.4.